The van der Waals surface area contributed by atoms with Crippen molar-refractivity contribution in [3.63, 3.8) is 0 Å². The van der Waals surface area contributed by atoms with E-state index in [0.717, 1.165) is 6.42 Å². The minimum absolute atomic E-state index is 0.208. The van der Waals surface area contributed by atoms with Crippen LogP contribution in [-0.4, -0.2) is 11.7 Å². The molecule has 1 aromatic heterocycles. The van der Waals surface area contributed by atoms with E-state index in [-0.39, 0.29) is 5.41 Å². The summed E-state index contributed by atoms with van der Waals surface area (Å²) in [5, 5.41) is 13.9. The van der Waals surface area contributed by atoms with Gasteiger partial charge in [0.25, 0.3) is 0 Å². The van der Waals surface area contributed by atoms with Crippen LogP contribution in [0.15, 0.2) is 16.8 Å². The Hall–Kier alpha value is -0.340. The van der Waals surface area contributed by atoms with Crippen LogP contribution in [0.1, 0.15) is 37.7 Å². The average molecular weight is 210 g/mol. The van der Waals surface area contributed by atoms with E-state index in [1.165, 1.54) is 37.7 Å². The summed E-state index contributed by atoms with van der Waals surface area (Å²) in [4.78, 5) is 0. The van der Waals surface area contributed by atoms with Gasteiger partial charge in [0.2, 0.25) is 0 Å². The number of aliphatic hydroxyl groups excluding tert-OH is 1. The van der Waals surface area contributed by atoms with E-state index in [4.69, 9.17) is 0 Å². The lowest BCUT2D eigenvalue weighted by Crippen LogP contribution is -2.30. The summed E-state index contributed by atoms with van der Waals surface area (Å²) >= 11 is 1.76. The van der Waals surface area contributed by atoms with Gasteiger partial charge in [0.1, 0.15) is 0 Å². The third kappa shape index (κ3) is 2.18. The molecule has 2 rings (SSSR count). The lowest BCUT2D eigenvalue weighted by molar-refractivity contribution is 0.0824. The predicted octanol–water partition coefficient (Wildman–Crippen LogP) is 3.23. The molecule has 1 saturated carbocycles. The molecule has 0 radical (unpaired) electrons. The Labute approximate surface area is 89.8 Å². The fraction of sp³-hybridized carbons (Fsp3) is 0.667. The van der Waals surface area contributed by atoms with Gasteiger partial charge in [-0.05, 0) is 47.1 Å². The van der Waals surface area contributed by atoms with Crippen molar-refractivity contribution in [2.24, 2.45) is 5.41 Å². The standard InChI is InChI=1S/C12H18OS/c13-10-12(5-2-1-3-6-12)8-11-4-7-14-9-11/h4,7,9,13H,1-3,5-6,8,10H2. The highest BCUT2D eigenvalue weighted by Crippen LogP contribution is 2.38. The van der Waals surface area contributed by atoms with Crippen LogP contribution in [0.25, 0.3) is 0 Å². The molecule has 0 spiro atoms. The van der Waals surface area contributed by atoms with Gasteiger partial charge in [-0.1, -0.05) is 19.3 Å². The highest BCUT2D eigenvalue weighted by atomic mass is 32.1. The van der Waals surface area contributed by atoms with Crippen molar-refractivity contribution < 1.29 is 5.11 Å². The largest absolute Gasteiger partial charge is 0.396 e. The Bertz CT molecular complexity index is 260. The third-order valence-electron chi connectivity index (χ3n) is 3.41. The molecule has 0 atom stereocenters. The zero-order chi connectivity index (χ0) is 9.86. The van der Waals surface area contributed by atoms with Crippen molar-refractivity contribution in [1.82, 2.24) is 0 Å². The SMILES string of the molecule is OCC1(Cc2ccsc2)CCCCC1. The Balaban J connectivity index is 2.04. The maximum atomic E-state index is 9.54. The van der Waals surface area contributed by atoms with Gasteiger partial charge >= 0.3 is 0 Å². The molecule has 0 unspecified atom stereocenters. The van der Waals surface area contributed by atoms with Crippen molar-refractivity contribution >= 4 is 11.3 Å². The summed E-state index contributed by atoms with van der Waals surface area (Å²) in [5.41, 5.74) is 1.62. The minimum atomic E-state index is 0.208. The second kappa shape index (κ2) is 4.45. The number of thiophene rings is 1. The van der Waals surface area contributed by atoms with Crippen molar-refractivity contribution in [3.05, 3.63) is 22.4 Å². The second-order valence-electron chi connectivity index (χ2n) is 4.53. The maximum absolute atomic E-state index is 9.54. The van der Waals surface area contributed by atoms with Gasteiger partial charge in [0, 0.05) is 6.61 Å². The van der Waals surface area contributed by atoms with Crippen LogP contribution >= 0.6 is 11.3 Å². The molecule has 1 aromatic rings. The molecule has 0 aromatic carbocycles. The molecule has 1 nitrogen and oxygen atoms in total. The van der Waals surface area contributed by atoms with Gasteiger partial charge in [-0.25, -0.2) is 0 Å². The van der Waals surface area contributed by atoms with Gasteiger partial charge in [-0.15, -0.1) is 0 Å². The maximum Gasteiger partial charge on any atom is 0.0490 e. The molecule has 0 aliphatic heterocycles. The van der Waals surface area contributed by atoms with Crippen LogP contribution in [0.5, 0.6) is 0 Å². The molecule has 1 N–H and O–H groups in total. The topological polar surface area (TPSA) is 20.2 Å². The van der Waals surface area contributed by atoms with E-state index < -0.39 is 0 Å². The quantitative estimate of drug-likeness (QED) is 0.812. The highest BCUT2D eigenvalue weighted by molar-refractivity contribution is 7.07. The van der Waals surface area contributed by atoms with E-state index in [1.54, 1.807) is 11.3 Å². The molecule has 0 amide bonds. The van der Waals surface area contributed by atoms with Crippen LogP contribution in [0.3, 0.4) is 0 Å². The molecule has 0 bridgehead atoms. The van der Waals surface area contributed by atoms with E-state index in [0.29, 0.717) is 6.61 Å². The van der Waals surface area contributed by atoms with E-state index in [1.807, 2.05) is 0 Å². The molecule has 1 heterocycles. The smallest absolute Gasteiger partial charge is 0.0490 e. The van der Waals surface area contributed by atoms with Crippen LogP contribution in [0.4, 0.5) is 0 Å². The number of rotatable bonds is 3. The number of hydrogen-bond donors (Lipinski definition) is 1. The first kappa shape index (κ1) is 10.2. The molecule has 1 fully saturated rings. The van der Waals surface area contributed by atoms with Crippen LogP contribution in [-0.2, 0) is 6.42 Å². The van der Waals surface area contributed by atoms with Gasteiger partial charge in [0.05, 0.1) is 0 Å². The summed E-state index contributed by atoms with van der Waals surface area (Å²) in [7, 11) is 0. The molecular weight excluding hydrogens is 192 g/mol. The summed E-state index contributed by atoms with van der Waals surface area (Å²) in [6.45, 7) is 0.364. The third-order valence-corrected chi connectivity index (χ3v) is 4.14. The van der Waals surface area contributed by atoms with E-state index in [2.05, 4.69) is 16.8 Å². The first-order valence-electron chi connectivity index (χ1n) is 5.47. The molecule has 1 aliphatic carbocycles. The summed E-state index contributed by atoms with van der Waals surface area (Å²) in [5.74, 6) is 0. The normalized spacial score (nSPS) is 20.9. The summed E-state index contributed by atoms with van der Waals surface area (Å²) in [6, 6.07) is 2.19. The highest BCUT2D eigenvalue weighted by Gasteiger charge is 2.31. The Morgan fingerprint density at radius 1 is 1.29 bits per heavy atom. The minimum Gasteiger partial charge on any atom is -0.396 e. The average Bonchev–Trinajstić information content (AvgIpc) is 2.72. The molecule has 0 saturated heterocycles. The zero-order valence-electron chi connectivity index (χ0n) is 8.54. The van der Waals surface area contributed by atoms with Gasteiger partial charge in [0.15, 0.2) is 0 Å². The second-order valence-corrected chi connectivity index (χ2v) is 5.31. The van der Waals surface area contributed by atoms with Gasteiger partial charge < -0.3 is 5.11 Å². The Kier molecular flexibility index (Phi) is 3.24. The van der Waals surface area contributed by atoms with Gasteiger partial charge in [-0.2, -0.15) is 11.3 Å². The van der Waals surface area contributed by atoms with Crippen LogP contribution in [0.2, 0.25) is 0 Å². The molecule has 2 heteroatoms. The first-order chi connectivity index (χ1) is 6.85. The fourth-order valence-corrected chi connectivity index (χ4v) is 3.19. The van der Waals surface area contributed by atoms with E-state index >= 15 is 0 Å². The van der Waals surface area contributed by atoms with E-state index in [9.17, 15) is 5.11 Å². The van der Waals surface area contributed by atoms with Crippen molar-refractivity contribution in [2.75, 3.05) is 6.61 Å². The Morgan fingerprint density at radius 3 is 2.64 bits per heavy atom. The van der Waals surface area contributed by atoms with Crippen LogP contribution < -0.4 is 0 Å². The molecule has 1 aliphatic rings. The lowest BCUT2D eigenvalue weighted by atomic mass is 9.71. The lowest BCUT2D eigenvalue weighted by Gasteiger charge is -2.35. The van der Waals surface area contributed by atoms with Gasteiger partial charge in [-0.3, -0.25) is 0 Å². The number of hydrogen-bond acceptors (Lipinski definition) is 2. The monoisotopic (exact) mass is 210 g/mol. The van der Waals surface area contributed by atoms with Crippen molar-refractivity contribution in [3.8, 4) is 0 Å². The van der Waals surface area contributed by atoms with Crippen molar-refractivity contribution in [1.29, 1.82) is 0 Å². The molecule has 78 valence electrons. The molecular formula is C12H18OS. The summed E-state index contributed by atoms with van der Waals surface area (Å²) < 4.78 is 0. The summed E-state index contributed by atoms with van der Waals surface area (Å²) in [6.07, 6.45) is 7.44. The van der Waals surface area contributed by atoms with Crippen LogP contribution in [0, 0.1) is 5.41 Å². The zero-order valence-corrected chi connectivity index (χ0v) is 9.35. The number of aliphatic hydroxyl groups is 1. The first-order valence-corrected chi connectivity index (χ1v) is 6.41. The Morgan fingerprint density at radius 2 is 2.07 bits per heavy atom. The fourth-order valence-electron chi connectivity index (χ4n) is 2.52. The predicted molar refractivity (Wildman–Crippen MR) is 60.6 cm³/mol. The van der Waals surface area contributed by atoms with Crippen molar-refractivity contribution in [2.45, 2.75) is 38.5 Å². The molecule has 14 heavy (non-hydrogen) atoms.